The molecule has 0 amide bonds. The number of nitrogens with two attached hydrogens (primary N) is 1. The van der Waals surface area contributed by atoms with Crippen LogP contribution in [0.4, 0.5) is 0 Å². The van der Waals surface area contributed by atoms with Crippen molar-refractivity contribution < 1.29 is 13.9 Å². The molecule has 0 rings (SSSR count). The van der Waals surface area contributed by atoms with E-state index in [2.05, 4.69) is 6.92 Å². The highest BCUT2D eigenvalue weighted by molar-refractivity contribution is 6.29. The van der Waals surface area contributed by atoms with Gasteiger partial charge in [-0.15, -0.1) is 0 Å². The van der Waals surface area contributed by atoms with Crippen molar-refractivity contribution in [2.75, 3.05) is 13.2 Å². The van der Waals surface area contributed by atoms with Gasteiger partial charge in [0.1, 0.15) is 0 Å². The van der Waals surface area contributed by atoms with Gasteiger partial charge in [-0.05, 0) is 20.3 Å². The lowest BCUT2D eigenvalue weighted by Gasteiger charge is -2.19. The van der Waals surface area contributed by atoms with Crippen LogP contribution >= 0.6 is 0 Å². The lowest BCUT2D eigenvalue weighted by Crippen LogP contribution is -2.33. The molecule has 0 bridgehead atoms. The van der Waals surface area contributed by atoms with E-state index < -0.39 is 16.2 Å². The van der Waals surface area contributed by atoms with Gasteiger partial charge in [0.15, 0.2) is 9.76 Å². The van der Waals surface area contributed by atoms with Crippen LogP contribution in [0.5, 0.6) is 0 Å². The van der Waals surface area contributed by atoms with Gasteiger partial charge in [-0.1, -0.05) is 6.92 Å². The van der Waals surface area contributed by atoms with Crippen LogP contribution in [0.3, 0.4) is 0 Å². The van der Waals surface area contributed by atoms with Gasteiger partial charge in [-0.25, -0.2) is 0 Å². The molecule has 0 aliphatic rings. The van der Waals surface area contributed by atoms with Crippen LogP contribution in [0.2, 0.25) is 0 Å². The zero-order valence-electron chi connectivity index (χ0n) is 8.79. The maximum Gasteiger partial charge on any atom is 0.261 e. The Morgan fingerprint density at radius 2 is 1.69 bits per heavy atom. The van der Waals surface area contributed by atoms with Gasteiger partial charge in [0.2, 0.25) is 0 Å². The van der Waals surface area contributed by atoms with Crippen LogP contribution < -0.4 is 5.73 Å². The summed E-state index contributed by atoms with van der Waals surface area (Å²) in [7, 11) is -0.725. The third-order valence-electron chi connectivity index (χ3n) is 1.58. The Morgan fingerprint density at radius 1 is 1.15 bits per heavy atom. The van der Waals surface area contributed by atoms with Gasteiger partial charge >= 0.3 is 0 Å². The van der Waals surface area contributed by atoms with E-state index in [9.17, 15) is 0 Å². The van der Waals surface area contributed by atoms with Gasteiger partial charge in [-0.2, -0.15) is 0 Å². The molecular weight excluding hydrogens is 186 g/mol. The fourth-order valence-corrected chi connectivity index (χ4v) is 1.57. The van der Waals surface area contributed by atoms with Gasteiger partial charge in [0.25, 0.3) is 6.48 Å². The van der Waals surface area contributed by atoms with Gasteiger partial charge < -0.3 is 19.6 Å². The van der Waals surface area contributed by atoms with E-state index >= 15 is 0 Å². The molecule has 0 spiro atoms. The van der Waals surface area contributed by atoms with Gasteiger partial charge in [-0.3, -0.25) is 0 Å². The Hall–Kier alpha value is 0.0569. The maximum absolute atomic E-state index is 5.74. The summed E-state index contributed by atoms with van der Waals surface area (Å²) in [6.07, 6.45) is 0.956. The molecule has 0 aliphatic carbocycles. The van der Waals surface area contributed by atoms with E-state index in [4.69, 9.17) is 19.6 Å². The largest absolute Gasteiger partial charge is 0.377 e. The topological polar surface area (TPSA) is 53.7 Å². The van der Waals surface area contributed by atoms with Crippen molar-refractivity contribution in [1.82, 2.24) is 0 Å². The molecule has 0 radical (unpaired) electrons. The summed E-state index contributed by atoms with van der Waals surface area (Å²) in [5.74, 6) is 0. The van der Waals surface area contributed by atoms with Crippen molar-refractivity contribution in [2.45, 2.75) is 39.3 Å². The quantitative estimate of drug-likeness (QED) is 0.454. The number of hydrogen-bond donors (Lipinski definition) is 1. The molecule has 0 aliphatic heterocycles. The standard InChI is InChI=1S/C8H21NO3Si/c1-4-7(9)13-12-8(10-5-2)11-6-3/h7-8H,4-6,9,13H2,1-3H3. The molecule has 0 saturated carbocycles. The minimum absolute atomic E-state index is 0.198. The zero-order valence-corrected chi connectivity index (χ0v) is 10.2. The van der Waals surface area contributed by atoms with Crippen LogP contribution in [-0.2, 0) is 13.9 Å². The smallest absolute Gasteiger partial charge is 0.261 e. The van der Waals surface area contributed by atoms with Crippen molar-refractivity contribution in [1.29, 1.82) is 0 Å². The maximum atomic E-state index is 5.74. The molecule has 0 aromatic rings. The molecule has 4 nitrogen and oxygen atoms in total. The molecule has 0 aromatic carbocycles. The predicted octanol–water partition coefficient (Wildman–Crippen LogP) is 0.138. The van der Waals surface area contributed by atoms with Crippen LogP contribution in [0, 0.1) is 0 Å². The summed E-state index contributed by atoms with van der Waals surface area (Å²) in [6, 6.07) is 0. The third kappa shape index (κ3) is 7.15. The molecule has 5 heteroatoms. The van der Waals surface area contributed by atoms with Crippen LogP contribution in [-0.4, -0.2) is 35.1 Å². The monoisotopic (exact) mass is 207 g/mol. The summed E-state index contributed by atoms with van der Waals surface area (Å²) in [5, 5.41) is 0. The second-order valence-electron chi connectivity index (χ2n) is 2.70. The molecule has 2 N–H and O–H groups in total. The van der Waals surface area contributed by atoms with Gasteiger partial charge in [0, 0.05) is 18.9 Å². The van der Waals surface area contributed by atoms with Crippen molar-refractivity contribution >= 4 is 9.76 Å². The fraction of sp³-hybridized carbons (Fsp3) is 1.00. The average molecular weight is 207 g/mol. The molecule has 0 fully saturated rings. The van der Waals surface area contributed by atoms with E-state index in [0.29, 0.717) is 13.2 Å². The first-order chi connectivity index (χ1) is 6.24. The van der Waals surface area contributed by atoms with Crippen LogP contribution in [0.25, 0.3) is 0 Å². The first-order valence-corrected chi connectivity index (χ1v) is 6.24. The van der Waals surface area contributed by atoms with Crippen LogP contribution in [0.15, 0.2) is 0 Å². The fourth-order valence-electron chi connectivity index (χ4n) is 0.737. The Bertz CT molecular complexity index is 110. The third-order valence-corrected chi connectivity index (χ3v) is 3.05. The van der Waals surface area contributed by atoms with E-state index in [1.165, 1.54) is 0 Å². The van der Waals surface area contributed by atoms with E-state index in [1.807, 2.05) is 13.8 Å². The minimum Gasteiger partial charge on any atom is -0.377 e. The molecular formula is C8H21NO3Si. The van der Waals surface area contributed by atoms with Crippen molar-refractivity contribution in [3.05, 3.63) is 0 Å². The van der Waals surface area contributed by atoms with Crippen molar-refractivity contribution in [3.8, 4) is 0 Å². The van der Waals surface area contributed by atoms with E-state index in [-0.39, 0.29) is 5.67 Å². The summed E-state index contributed by atoms with van der Waals surface area (Å²) in [6.45, 7) is 6.57. The normalized spacial score (nSPS) is 14.5. The minimum atomic E-state index is -0.725. The molecule has 1 unspecified atom stereocenters. The predicted molar refractivity (Wildman–Crippen MR) is 54.9 cm³/mol. The Balaban J connectivity index is 3.55. The molecule has 0 aromatic heterocycles. The second-order valence-corrected chi connectivity index (χ2v) is 4.42. The highest BCUT2D eigenvalue weighted by Crippen LogP contribution is 1.97. The summed E-state index contributed by atoms with van der Waals surface area (Å²) >= 11 is 0. The number of rotatable bonds is 8. The Morgan fingerprint density at radius 3 is 2.08 bits per heavy atom. The Kier molecular flexibility index (Phi) is 8.68. The van der Waals surface area contributed by atoms with Crippen molar-refractivity contribution in [2.24, 2.45) is 5.73 Å². The molecule has 0 heterocycles. The molecule has 0 saturated heterocycles. The van der Waals surface area contributed by atoms with Crippen LogP contribution in [0.1, 0.15) is 27.2 Å². The molecule has 1 atom stereocenters. The SMILES string of the molecule is CCOC(OCC)O[SiH2]C(N)CC. The summed E-state index contributed by atoms with van der Waals surface area (Å²) < 4.78 is 15.9. The molecule has 13 heavy (non-hydrogen) atoms. The van der Waals surface area contributed by atoms with E-state index in [1.54, 1.807) is 0 Å². The Labute approximate surface area is 82.7 Å². The number of ether oxygens (including phenoxy) is 2. The lowest BCUT2D eigenvalue weighted by atomic mass is 10.5. The van der Waals surface area contributed by atoms with Crippen molar-refractivity contribution in [3.63, 3.8) is 0 Å². The highest BCUT2D eigenvalue weighted by atomic mass is 28.2. The summed E-state index contributed by atoms with van der Waals surface area (Å²) in [4.78, 5) is 0. The summed E-state index contributed by atoms with van der Waals surface area (Å²) in [5.41, 5.74) is 5.94. The molecule has 80 valence electrons. The lowest BCUT2D eigenvalue weighted by molar-refractivity contribution is -0.243. The second kappa shape index (κ2) is 8.65. The average Bonchev–Trinajstić information content (AvgIpc) is 2.14. The van der Waals surface area contributed by atoms with E-state index in [0.717, 1.165) is 6.42 Å². The zero-order chi connectivity index (χ0) is 10.1. The van der Waals surface area contributed by atoms with Gasteiger partial charge in [0.05, 0.1) is 0 Å². The first kappa shape index (κ1) is 13.1. The highest BCUT2D eigenvalue weighted by Gasteiger charge is 2.10. The number of hydrogen-bond acceptors (Lipinski definition) is 4. The first-order valence-electron chi connectivity index (χ1n) is 4.84.